The van der Waals surface area contributed by atoms with Crippen molar-refractivity contribution in [2.24, 2.45) is 0 Å². The first-order valence-corrected chi connectivity index (χ1v) is 7.65. The van der Waals surface area contributed by atoms with E-state index in [1.807, 2.05) is 62.4 Å². The molecule has 0 aliphatic heterocycles. The van der Waals surface area contributed by atoms with Crippen LogP contribution in [0.3, 0.4) is 0 Å². The number of rotatable bonds is 6. The van der Waals surface area contributed by atoms with Gasteiger partial charge in [0.2, 0.25) is 0 Å². The second-order valence-electron chi connectivity index (χ2n) is 4.49. The molecular formula is C17H24GeN2O2S. The summed E-state index contributed by atoms with van der Waals surface area (Å²) in [7, 11) is 0. The Morgan fingerprint density at radius 3 is 1.43 bits per heavy atom. The molecule has 0 fully saturated rings. The second-order valence-corrected chi connectivity index (χ2v) is 4.90. The summed E-state index contributed by atoms with van der Waals surface area (Å²) in [6, 6.07) is 15.3. The van der Waals surface area contributed by atoms with Gasteiger partial charge in [-0.05, 0) is 74.6 Å². The monoisotopic (exact) mass is 394 g/mol. The van der Waals surface area contributed by atoms with Gasteiger partial charge in [-0.1, -0.05) is 0 Å². The third kappa shape index (κ3) is 6.50. The number of hydrogen-bond donors (Lipinski definition) is 2. The summed E-state index contributed by atoms with van der Waals surface area (Å²) in [5, 5.41) is 6.80. The van der Waals surface area contributed by atoms with Crippen LogP contribution in [0.25, 0.3) is 0 Å². The number of ether oxygens (including phenoxy) is 2. The first kappa shape index (κ1) is 19.3. The average molecular weight is 393 g/mol. The Morgan fingerprint density at radius 2 is 1.13 bits per heavy atom. The molecule has 0 aliphatic carbocycles. The van der Waals surface area contributed by atoms with Crippen molar-refractivity contribution in [3.05, 3.63) is 48.5 Å². The van der Waals surface area contributed by atoms with Gasteiger partial charge in [0.25, 0.3) is 0 Å². The molecule has 6 heteroatoms. The van der Waals surface area contributed by atoms with Gasteiger partial charge in [-0.3, -0.25) is 0 Å². The quantitative estimate of drug-likeness (QED) is 0.584. The average Bonchev–Trinajstić information content (AvgIpc) is 2.52. The van der Waals surface area contributed by atoms with Crippen molar-refractivity contribution < 1.29 is 9.47 Å². The number of thiocarbonyl (C=S) groups is 1. The Bertz CT molecular complexity index is 549. The molecule has 4 nitrogen and oxygen atoms in total. The van der Waals surface area contributed by atoms with Gasteiger partial charge in [0.1, 0.15) is 11.5 Å². The second kappa shape index (κ2) is 10.1. The molecule has 0 spiro atoms. The summed E-state index contributed by atoms with van der Waals surface area (Å²) in [6.07, 6.45) is 0. The zero-order valence-electron chi connectivity index (χ0n) is 12.8. The summed E-state index contributed by atoms with van der Waals surface area (Å²) < 4.78 is 10.8. The molecule has 0 heterocycles. The van der Waals surface area contributed by atoms with Crippen LogP contribution in [0.15, 0.2) is 48.5 Å². The van der Waals surface area contributed by atoms with Crippen LogP contribution >= 0.6 is 12.2 Å². The number of anilines is 2. The molecule has 0 aromatic heterocycles. The number of hydrogen-bond acceptors (Lipinski definition) is 3. The molecule has 2 N–H and O–H groups in total. The van der Waals surface area contributed by atoms with Gasteiger partial charge in [-0.15, -0.1) is 0 Å². The first-order chi connectivity index (χ1) is 10.7. The van der Waals surface area contributed by atoms with Gasteiger partial charge >= 0.3 is 17.6 Å². The van der Waals surface area contributed by atoms with Crippen LogP contribution in [0.1, 0.15) is 13.8 Å². The van der Waals surface area contributed by atoms with Crippen LogP contribution in [-0.2, 0) is 0 Å². The maximum atomic E-state index is 5.40. The first-order valence-electron chi connectivity index (χ1n) is 7.25. The summed E-state index contributed by atoms with van der Waals surface area (Å²) in [4.78, 5) is 0. The SMILES string of the molecule is CCOc1ccc(NC(=S)Nc2ccc(OCC)cc2)cc1.[GeH4]. The standard InChI is InChI=1S/C17H20N2O2S.GeH4/c1-3-20-15-9-5-13(6-10-15)18-17(22)19-14-7-11-16(12-8-14)21-4-2;/h5-12H,3-4H2,1-2H3,(H2,18,19,22);1H4. The molecule has 0 saturated carbocycles. The molecule has 0 unspecified atom stereocenters. The third-order valence-corrected chi connectivity index (χ3v) is 3.05. The molecule has 0 radical (unpaired) electrons. The molecule has 2 aromatic carbocycles. The molecule has 0 atom stereocenters. The van der Waals surface area contributed by atoms with Crippen molar-refractivity contribution in [1.82, 2.24) is 0 Å². The van der Waals surface area contributed by atoms with Crippen LogP contribution < -0.4 is 20.1 Å². The Labute approximate surface area is 153 Å². The van der Waals surface area contributed by atoms with E-state index in [2.05, 4.69) is 10.6 Å². The van der Waals surface area contributed by atoms with Crippen LogP contribution in [0.5, 0.6) is 11.5 Å². The van der Waals surface area contributed by atoms with Gasteiger partial charge in [0, 0.05) is 11.4 Å². The van der Waals surface area contributed by atoms with Gasteiger partial charge in [-0.25, -0.2) is 0 Å². The zero-order chi connectivity index (χ0) is 15.8. The Kier molecular flexibility index (Phi) is 8.50. The van der Waals surface area contributed by atoms with E-state index in [4.69, 9.17) is 21.7 Å². The Hall–Kier alpha value is -1.73. The number of benzene rings is 2. The van der Waals surface area contributed by atoms with Crippen molar-refractivity contribution in [3.63, 3.8) is 0 Å². The van der Waals surface area contributed by atoms with Crippen LogP contribution in [-0.4, -0.2) is 35.9 Å². The Morgan fingerprint density at radius 1 is 0.783 bits per heavy atom. The van der Waals surface area contributed by atoms with E-state index >= 15 is 0 Å². The van der Waals surface area contributed by atoms with Crippen molar-refractivity contribution >= 4 is 46.3 Å². The predicted molar refractivity (Wildman–Crippen MR) is 106 cm³/mol. The van der Waals surface area contributed by atoms with E-state index in [0.717, 1.165) is 22.9 Å². The van der Waals surface area contributed by atoms with E-state index in [9.17, 15) is 0 Å². The van der Waals surface area contributed by atoms with Gasteiger partial charge in [-0.2, -0.15) is 0 Å². The topological polar surface area (TPSA) is 42.5 Å². The maximum absolute atomic E-state index is 5.40. The minimum atomic E-state index is 0. The molecular weight excluding hydrogens is 369 g/mol. The molecule has 23 heavy (non-hydrogen) atoms. The predicted octanol–water partition coefficient (Wildman–Crippen LogP) is 2.84. The fraction of sp³-hybridized carbons (Fsp3) is 0.235. The van der Waals surface area contributed by atoms with Crippen molar-refractivity contribution in [1.29, 1.82) is 0 Å². The van der Waals surface area contributed by atoms with Crippen LogP contribution in [0, 0.1) is 0 Å². The fourth-order valence-electron chi connectivity index (χ4n) is 1.90. The normalized spacial score (nSPS) is 9.48. The van der Waals surface area contributed by atoms with Crippen molar-refractivity contribution in [2.75, 3.05) is 23.8 Å². The molecule has 0 saturated heterocycles. The fourth-order valence-corrected chi connectivity index (χ4v) is 2.13. The van der Waals surface area contributed by atoms with Crippen LogP contribution in [0.4, 0.5) is 11.4 Å². The molecule has 0 bridgehead atoms. The zero-order valence-corrected chi connectivity index (χ0v) is 13.6. The summed E-state index contributed by atoms with van der Waals surface area (Å²) in [6.45, 7) is 5.24. The van der Waals surface area contributed by atoms with E-state index in [-0.39, 0.29) is 17.6 Å². The van der Waals surface area contributed by atoms with Crippen molar-refractivity contribution in [3.8, 4) is 11.5 Å². The van der Waals surface area contributed by atoms with Gasteiger partial charge in [0.15, 0.2) is 5.11 Å². The molecule has 0 aliphatic rings. The summed E-state index contributed by atoms with van der Waals surface area (Å²) in [5.74, 6) is 1.69. The van der Waals surface area contributed by atoms with E-state index in [1.165, 1.54) is 0 Å². The number of nitrogens with one attached hydrogen (secondary N) is 2. The van der Waals surface area contributed by atoms with Gasteiger partial charge < -0.3 is 20.1 Å². The molecule has 2 aromatic rings. The molecule has 0 amide bonds. The molecule has 2 rings (SSSR count). The summed E-state index contributed by atoms with van der Waals surface area (Å²) in [5.41, 5.74) is 1.82. The van der Waals surface area contributed by atoms with Gasteiger partial charge in [0.05, 0.1) is 13.2 Å². The van der Waals surface area contributed by atoms with E-state index < -0.39 is 0 Å². The third-order valence-electron chi connectivity index (χ3n) is 2.85. The van der Waals surface area contributed by atoms with Crippen LogP contribution in [0.2, 0.25) is 0 Å². The van der Waals surface area contributed by atoms with Crippen molar-refractivity contribution in [2.45, 2.75) is 13.8 Å². The summed E-state index contributed by atoms with van der Waals surface area (Å²) >= 11 is 5.30. The van der Waals surface area contributed by atoms with E-state index in [1.54, 1.807) is 0 Å². The minimum absolute atomic E-state index is 0. The van der Waals surface area contributed by atoms with E-state index in [0.29, 0.717) is 18.3 Å². The Balaban J connectivity index is 0.00000264. The molecule has 124 valence electrons.